The standard InChI is InChI=1S/C4H9NO3.C4H6O3/c1-3-8-4(6)5-7-2;1-3-4(5)7-6-2/h3H2,1-2H3,(H,5,6);3H,1H2,2H3. The zero-order valence-corrected chi connectivity index (χ0v) is 8.94. The van der Waals surface area contributed by atoms with E-state index in [1.165, 1.54) is 14.2 Å². The Balaban J connectivity index is 0. The van der Waals surface area contributed by atoms with Gasteiger partial charge in [-0.25, -0.2) is 9.59 Å². The summed E-state index contributed by atoms with van der Waals surface area (Å²) >= 11 is 0. The average molecular weight is 221 g/mol. The average Bonchev–Trinajstić information content (AvgIpc) is 2.20. The van der Waals surface area contributed by atoms with Gasteiger partial charge in [0.25, 0.3) is 0 Å². The summed E-state index contributed by atoms with van der Waals surface area (Å²) in [5.41, 5.74) is 1.99. The number of hydrogen-bond acceptors (Lipinski definition) is 6. The summed E-state index contributed by atoms with van der Waals surface area (Å²) < 4.78 is 4.41. The number of hydrogen-bond donors (Lipinski definition) is 1. The molecular weight excluding hydrogens is 206 g/mol. The van der Waals surface area contributed by atoms with Crippen molar-refractivity contribution in [2.24, 2.45) is 0 Å². The molecule has 0 radical (unpaired) electrons. The van der Waals surface area contributed by atoms with E-state index in [2.05, 4.69) is 25.9 Å². The summed E-state index contributed by atoms with van der Waals surface area (Å²) in [6.07, 6.45) is 0.457. The summed E-state index contributed by atoms with van der Waals surface area (Å²) in [5.74, 6) is -0.581. The van der Waals surface area contributed by atoms with Crippen LogP contribution in [0.15, 0.2) is 12.7 Å². The van der Waals surface area contributed by atoms with Crippen molar-refractivity contribution < 1.29 is 28.9 Å². The smallest absolute Gasteiger partial charge is 0.431 e. The Hall–Kier alpha value is -1.60. The van der Waals surface area contributed by atoms with Gasteiger partial charge in [0, 0.05) is 6.08 Å². The van der Waals surface area contributed by atoms with Crippen LogP contribution in [-0.2, 0) is 24.1 Å². The van der Waals surface area contributed by atoms with E-state index in [0.29, 0.717) is 6.61 Å². The van der Waals surface area contributed by atoms with E-state index in [0.717, 1.165) is 6.08 Å². The monoisotopic (exact) mass is 221 g/mol. The minimum atomic E-state index is -0.581. The van der Waals surface area contributed by atoms with Crippen LogP contribution >= 0.6 is 0 Å². The highest BCUT2D eigenvalue weighted by atomic mass is 17.2. The van der Waals surface area contributed by atoms with Crippen LogP contribution in [0.3, 0.4) is 0 Å². The molecule has 0 rings (SSSR count). The summed E-state index contributed by atoms with van der Waals surface area (Å²) in [6, 6.07) is 0. The minimum absolute atomic E-state index is 0.356. The zero-order chi connectivity index (χ0) is 12.1. The van der Waals surface area contributed by atoms with Crippen molar-refractivity contribution in [3.63, 3.8) is 0 Å². The fraction of sp³-hybridized carbons (Fsp3) is 0.500. The lowest BCUT2D eigenvalue weighted by molar-refractivity contribution is -0.249. The molecule has 0 saturated heterocycles. The molecule has 0 heterocycles. The Morgan fingerprint density at radius 1 is 1.40 bits per heavy atom. The quantitative estimate of drug-likeness (QED) is 0.424. The third-order valence-electron chi connectivity index (χ3n) is 0.793. The van der Waals surface area contributed by atoms with Gasteiger partial charge in [-0.05, 0) is 6.92 Å². The minimum Gasteiger partial charge on any atom is -0.448 e. The molecule has 15 heavy (non-hydrogen) atoms. The third-order valence-corrected chi connectivity index (χ3v) is 0.793. The van der Waals surface area contributed by atoms with Gasteiger partial charge in [-0.2, -0.15) is 10.4 Å². The van der Waals surface area contributed by atoms with Gasteiger partial charge < -0.3 is 4.74 Å². The molecule has 0 unspecified atom stereocenters. The number of nitrogens with one attached hydrogen (secondary N) is 1. The van der Waals surface area contributed by atoms with Gasteiger partial charge in [0.15, 0.2) is 0 Å². The van der Waals surface area contributed by atoms with E-state index in [-0.39, 0.29) is 0 Å². The summed E-state index contributed by atoms with van der Waals surface area (Å²) in [7, 11) is 2.60. The van der Waals surface area contributed by atoms with Crippen molar-refractivity contribution in [2.75, 3.05) is 20.8 Å². The molecular formula is C8H15NO6. The molecule has 0 aromatic heterocycles. The number of ether oxygens (including phenoxy) is 1. The van der Waals surface area contributed by atoms with Crippen LogP contribution in [0.2, 0.25) is 0 Å². The molecule has 7 nitrogen and oxygen atoms in total. The Labute approximate surface area is 87.8 Å². The van der Waals surface area contributed by atoms with Crippen LogP contribution in [0.25, 0.3) is 0 Å². The second kappa shape index (κ2) is 12.4. The molecule has 0 aliphatic rings. The van der Waals surface area contributed by atoms with E-state index in [1.807, 2.05) is 5.48 Å². The molecule has 0 bridgehead atoms. The van der Waals surface area contributed by atoms with Crippen LogP contribution in [0.5, 0.6) is 0 Å². The van der Waals surface area contributed by atoms with Gasteiger partial charge in [0.1, 0.15) is 0 Å². The second-order valence-electron chi connectivity index (χ2n) is 1.80. The van der Waals surface area contributed by atoms with Crippen molar-refractivity contribution in [3.05, 3.63) is 12.7 Å². The largest absolute Gasteiger partial charge is 0.448 e. The van der Waals surface area contributed by atoms with Crippen molar-refractivity contribution in [1.82, 2.24) is 5.48 Å². The molecule has 0 aromatic rings. The Morgan fingerprint density at radius 2 is 2.00 bits per heavy atom. The molecule has 1 amide bonds. The molecule has 88 valence electrons. The molecule has 0 saturated carbocycles. The lowest BCUT2D eigenvalue weighted by atomic mass is 10.7. The number of carbonyl (C=O) groups is 2. The maximum atomic E-state index is 10.2. The first-order valence-electron chi connectivity index (χ1n) is 3.95. The van der Waals surface area contributed by atoms with Crippen molar-refractivity contribution in [2.45, 2.75) is 6.92 Å². The normalized spacial score (nSPS) is 7.93. The lowest BCUT2D eigenvalue weighted by Crippen LogP contribution is -2.22. The molecule has 1 N–H and O–H groups in total. The van der Waals surface area contributed by atoms with Crippen molar-refractivity contribution in [3.8, 4) is 0 Å². The fourth-order valence-electron chi connectivity index (χ4n) is 0.360. The fourth-order valence-corrected chi connectivity index (χ4v) is 0.360. The van der Waals surface area contributed by atoms with Crippen LogP contribution in [0, 0.1) is 0 Å². The first-order chi connectivity index (χ1) is 7.12. The maximum absolute atomic E-state index is 10.2. The van der Waals surface area contributed by atoms with E-state index >= 15 is 0 Å². The SMILES string of the molecule is C=CC(=O)OOC.CCOC(=O)NOC. The summed E-state index contributed by atoms with van der Waals surface area (Å²) in [5, 5.41) is 0. The van der Waals surface area contributed by atoms with Crippen LogP contribution in [0.4, 0.5) is 4.79 Å². The topological polar surface area (TPSA) is 83.1 Å². The van der Waals surface area contributed by atoms with Crippen molar-refractivity contribution in [1.29, 1.82) is 0 Å². The third kappa shape index (κ3) is 15.2. The van der Waals surface area contributed by atoms with E-state index < -0.39 is 12.1 Å². The van der Waals surface area contributed by atoms with Crippen molar-refractivity contribution >= 4 is 12.1 Å². The Morgan fingerprint density at radius 3 is 2.27 bits per heavy atom. The molecule has 0 spiro atoms. The van der Waals surface area contributed by atoms with Gasteiger partial charge in [-0.3, -0.25) is 9.73 Å². The number of rotatable bonds is 4. The number of amides is 1. The van der Waals surface area contributed by atoms with E-state index in [9.17, 15) is 9.59 Å². The van der Waals surface area contributed by atoms with Gasteiger partial charge in [-0.1, -0.05) is 6.58 Å². The first kappa shape index (κ1) is 15.9. The van der Waals surface area contributed by atoms with Gasteiger partial charge in [0.2, 0.25) is 0 Å². The predicted octanol–water partition coefficient (Wildman–Crippen LogP) is 0.571. The van der Waals surface area contributed by atoms with Crippen LogP contribution < -0.4 is 5.48 Å². The van der Waals surface area contributed by atoms with E-state index in [1.54, 1.807) is 6.92 Å². The summed E-state index contributed by atoms with van der Waals surface area (Å²) in [6.45, 7) is 5.20. The van der Waals surface area contributed by atoms with Gasteiger partial charge >= 0.3 is 12.1 Å². The first-order valence-corrected chi connectivity index (χ1v) is 3.95. The Kier molecular flexibility index (Phi) is 13.1. The predicted molar refractivity (Wildman–Crippen MR) is 50.5 cm³/mol. The molecule has 0 aromatic carbocycles. The maximum Gasteiger partial charge on any atom is 0.431 e. The lowest BCUT2D eigenvalue weighted by Gasteiger charge is -1.99. The highest BCUT2D eigenvalue weighted by Gasteiger charge is 1.93. The van der Waals surface area contributed by atoms with Gasteiger partial charge in [-0.15, -0.1) is 0 Å². The highest BCUT2D eigenvalue weighted by molar-refractivity contribution is 5.80. The molecule has 0 aliphatic carbocycles. The number of hydroxylamine groups is 1. The summed E-state index contributed by atoms with van der Waals surface area (Å²) in [4.78, 5) is 32.3. The number of carbonyl (C=O) groups excluding carboxylic acids is 2. The second-order valence-corrected chi connectivity index (χ2v) is 1.80. The zero-order valence-electron chi connectivity index (χ0n) is 8.94. The van der Waals surface area contributed by atoms with Crippen LogP contribution in [0.1, 0.15) is 6.92 Å². The Bertz CT molecular complexity index is 186. The molecule has 7 heteroatoms. The highest BCUT2D eigenvalue weighted by Crippen LogP contribution is 1.75. The molecule has 0 aliphatic heterocycles. The van der Waals surface area contributed by atoms with E-state index in [4.69, 9.17) is 0 Å². The molecule has 0 fully saturated rings. The van der Waals surface area contributed by atoms with Gasteiger partial charge in [0.05, 0.1) is 20.8 Å². The van der Waals surface area contributed by atoms with Crippen LogP contribution in [-0.4, -0.2) is 32.9 Å². The molecule has 0 atom stereocenters.